The van der Waals surface area contributed by atoms with Crippen molar-refractivity contribution in [3.63, 3.8) is 0 Å². The normalized spacial score (nSPS) is 11.8. The first-order valence-electron chi connectivity index (χ1n) is 11.0. The molecule has 0 bridgehead atoms. The number of nitrogens with zero attached hydrogens (tertiary/aromatic N) is 4. The molecule has 0 spiro atoms. The summed E-state index contributed by atoms with van der Waals surface area (Å²) < 4.78 is 0. The first-order valence-corrected chi connectivity index (χ1v) is 11.0. The van der Waals surface area contributed by atoms with Crippen molar-refractivity contribution in [2.75, 3.05) is 18.9 Å². The van der Waals surface area contributed by atoms with E-state index >= 15 is 0 Å². The summed E-state index contributed by atoms with van der Waals surface area (Å²) in [5, 5.41) is 22.6. The zero-order valence-electron chi connectivity index (χ0n) is 19.2. The van der Waals surface area contributed by atoms with Crippen LogP contribution in [0.3, 0.4) is 0 Å². The molecule has 0 radical (unpaired) electrons. The van der Waals surface area contributed by atoms with E-state index in [-0.39, 0.29) is 0 Å². The van der Waals surface area contributed by atoms with E-state index in [0.717, 1.165) is 51.2 Å². The summed E-state index contributed by atoms with van der Waals surface area (Å²) in [7, 11) is 1.67. The maximum absolute atomic E-state index is 4.63. The molecule has 4 aromatic carbocycles. The fourth-order valence-electron chi connectivity index (χ4n) is 3.59. The van der Waals surface area contributed by atoms with E-state index < -0.39 is 0 Å². The summed E-state index contributed by atoms with van der Waals surface area (Å²) in [6.45, 7) is 5.01. The molecule has 5 heteroatoms. The number of hydrogen-bond donors (Lipinski definition) is 1. The third-order valence-electron chi connectivity index (χ3n) is 5.25. The van der Waals surface area contributed by atoms with E-state index in [9.17, 15) is 0 Å². The van der Waals surface area contributed by atoms with Gasteiger partial charge in [0, 0.05) is 19.0 Å². The van der Waals surface area contributed by atoms with Gasteiger partial charge in [0.15, 0.2) is 0 Å². The average Bonchev–Trinajstić information content (AvgIpc) is 2.84. The lowest BCUT2D eigenvalue weighted by atomic mass is 10.0. The summed E-state index contributed by atoms with van der Waals surface area (Å²) in [4.78, 5) is 0. The fourth-order valence-corrected chi connectivity index (χ4v) is 3.59. The molecule has 0 saturated carbocycles. The van der Waals surface area contributed by atoms with Crippen molar-refractivity contribution in [3.05, 3.63) is 95.6 Å². The van der Waals surface area contributed by atoms with Gasteiger partial charge in [-0.2, -0.15) is 15.3 Å². The second kappa shape index (κ2) is 10.5. The molecule has 1 N–H and O–H groups in total. The Balaban J connectivity index is 1.53. The highest BCUT2D eigenvalue weighted by atomic mass is 15.1. The number of rotatable bonds is 7. The summed E-state index contributed by atoms with van der Waals surface area (Å²) in [5.41, 5.74) is 6.95. The van der Waals surface area contributed by atoms with Crippen LogP contribution < -0.4 is 5.32 Å². The third kappa shape index (κ3) is 5.57. The van der Waals surface area contributed by atoms with Crippen molar-refractivity contribution in [3.8, 4) is 0 Å². The molecular formula is C28H27N5. The molecule has 0 aliphatic carbocycles. The molecular weight excluding hydrogens is 406 g/mol. The number of anilines is 1. The minimum Gasteiger partial charge on any atom is -0.384 e. The van der Waals surface area contributed by atoms with E-state index in [0.29, 0.717) is 0 Å². The molecule has 0 aromatic heterocycles. The molecule has 0 saturated heterocycles. The maximum Gasteiger partial charge on any atom is 0.117 e. The highest BCUT2D eigenvalue weighted by molar-refractivity contribution is 5.98. The van der Waals surface area contributed by atoms with Crippen LogP contribution in [0.15, 0.2) is 99.3 Å². The van der Waals surface area contributed by atoms with Gasteiger partial charge in [-0.25, -0.2) is 0 Å². The summed E-state index contributed by atoms with van der Waals surface area (Å²) in [6, 6.07) is 26.6. The topological polar surface area (TPSA) is 61.5 Å². The van der Waals surface area contributed by atoms with E-state index in [2.05, 4.69) is 82.1 Å². The van der Waals surface area contributed by atoms with Crippen LogP contribution in [0.4, 0.5) is 22.7 Å². The molecule has 0 amide bonds. The smallest absolute Gasteiger partial charge is 0.117 e. The lowest BCUT2D eigenvalue weighted by Crippen LogP contribution is -1.96. The van der Waals surface area contributed by atoms with Crippen LogP contribution in [0.25, 0.3) is 22.9 Å². The number of fused-ring (bicyclic) bond motifs is 1. The molecule has 4 rings (SSSR count). The molecule has 33 heavy (non-hydrogen) atoms. The molecule has 0 aliphatic heterocycles. The monoisotopic (exact) mass is 433 g/mol. The molecule has 0 aliphatic rings. The minimum absolute atomic E-state index is 0.813. The van der Waals surface area contributed by atoms with Crippen molar-refractivity contribution in [2.24, 2.45) is 20.5 Å². The Bertz CT molecular complexity index is 1320. The zero-order valence-corrected chi connectivity index (χ0v) is 19.2. The molecule has 164 valence electrons. The molecule has 0 heterocycles. The highest BCUT2D eigenvalue weighted by Crippen LogP contribution is 2.35. The van der Waals surface area contributed by atoms with Gasteiger partial charge in [0.25, 0.3) is 0 Å². The van der Waals surface area contributed by atoms with Crippen LogP contribution in [0.1, 0.15) is 23.6 Å². The number of hydrogen-bond acceptors (Lipinski definition) is 5. The van der Waals surface area contributed by atoms with Gasteiger partial charge in [0.2, 0.25) is 0 Å². The quantitative estimate of drug-likeness (QED) is 0.229. The second-order valence-electron chi connectivity index (χ2n) is 7.73. The Morgan fingerprint density at radius 3 is 1.97 bits per heavy atom. The van der Waals surface area contributed by atoms with Crippen molar-refractivity contribution >= 4 is 45.7 Å². The van der Waals surface area contributed by atoms with Crippen molar-refractivity contribution in [1.29, 1.82) is 0 Å². The Kier molecular flexibility index (Phi) is 7.00. The largest absolute Gasteiger partial charge is 0.384 e. The van der Waals surface area contributed by atoms with Gasteiger partial charge in [-0.15, -0.1) is 5.11 Å². The lowest BCUT2D eigenvalue weighted by molar-refractivity contribution is 1.17. The molecule has 4 aromatic rings. The number of nitrogens with one attached hydrogen (secondary N) is 1. The zero-order chi connectivity index (χ0) is 23.0. The lowest BCUT2D eigenvalue weighted by Gasteiger charge is -2.10. The van der Waals surface area contributed by atoms with Gasteiger partial charge >= 0.3 is 0 Å². The predicted molar refractivity (Wildman–Crippen MR) is 139 cm³/mol. The number of azo groups is 2. The van der Waals surface area contributed by atoms with E-state index in [1.807, 2.05) is 48.5 Å². The third-order valence-corrected chi connectivity index (χ3v) is 5.25. The summed E-state index contributed by atoms with van der Waals surface area (Å²) in [5.74, 6) is 0. The summed E-state index contributed by atoms with van der Waals surface area (Å²) in [6.07, 6.45) is 4.15. The Morgan fingerprint density at radius 2 is 1.36 bits per heavy atom. The van der Waals surface area contributed by atoms with E-state index in [1.165, 1.54) is 5.56 Å². The van der Waals surface area contributed by atoms with E-state index in [1.54, 1.807) is 7.05 Å². The molecule has 0 atom stereocenters. The van der Waals surface area contributed by atoms with E-state index in [4.69, 9.17) is 0 Å². The SMILES string of the molecule is CCNc1ccc2cc(C)ccc2c1N=Nc1ccc(C=Cc2ccc(N=NC)cc2)cc1. The number of aryl methyl sites for hydroxylation is 1. The van der Waals surface area contributed by atoms with Gasteiger partial charge in [-0.05, 0) is 60.7 Å². The van der Waals surface area contributed by atoms with Crippen LogP contribution in [0.2, 0.25) is 0 Å². The average molecular weight is 434 g/mol. The van der Waals surface area contributed by atoms with Gasteiger partial charge in [0.1, 0.15) is 5.69 Å². The second-order valence-corrected chi connectivity index (χ2v) is 7.73. The van der Waals surface area contributed by atoms with Crippen LogP contribution in [0, 0.1) is 6.92 Å². The van der Waals surface area contributed by atoms with Gasteiger partial charge in [-0.3, -0.25) is 0 Å². The number of benzene rings is 4. The first-order chi connectivity index (χ1) is 16.2. The van der Waals surface area contributed by atoms with Crippen molar-refractivity contribution in [2.45, 2.75) is 13.8 Å². The van der Waals surface area contributed by atoms with Crippen LogP contribution >= 0.6 is 0 Å². The molecule has 5 nitrogen and oxygen atoms in total. The Labute approximate surface area is 194 Å². The van der Waals surface area contributed by atoms with Crippen LogP contribution in [0.5, 0.6) is 0 Å². The fraction of sp³-hybridized carbons (Fsp3) is 0.143. The van der Waals surface area contributed by atoms with Gasteiger partial charge in [-0.1, -0.05) is 66.2 Å². The van der Waals surface area contributed by atoms with Crippen LogP contribution in [-0.2, 0) is 0 Å². The Morgan fingerprint density at radius 1 is 0.727 bits per heavy atom. The van der Waals surface area contributed by atoms with Gasteiger partial charge < -0.3 is 5.32 Å². The first kappa shape index (κ1) is 22.1. The summed E-state index contributed by atoms with van der Waals surface area (Å²) >= 11 is 0. The maximum atomic E-state index is 4.63. The highest BCUT2D eigenvalue weighted by Gasteiger charge is 2.07. The Hall–Kier alpha value is -4.12. The molecule has 0 fully saturated rings. The van der Waals surface area contributed by atoms with Crippen molar-refractivity contribution in [1.82, 2.24) is 0 Å². The minimum atomic E-state index is 0.813. The predicted octanol–water partition coefficient (Wildman–Crippen LogP) is 8.88. The standard InChI is InChI=1S/C28H27N5/c1-4-30-27-18-12-23-19-20(2)5-17-26(23)28(27)33-32-25-15-10-22(11-16-25)7-6-21-8-13-24(14-9-21)31-29-3/h5-19,30H,4H2,1-3H3. The molecule has 0 unspecified atom stereocenters. The van der Waals surface area contributed by atoms with Crippen molar-refractivity contribution < 1.29 is 0 Å². The van der Waals surface area contributed by atoms with Crippen LogP contribution in [-0.4, -0.2) is 13.6 Å². The van der Waals surface area contributed by atoms with Gasteiger partial charge in [0.05, 0.1) is 17.1 Å².